The first-order valence-corrected chi connectivity index (χ1v) is 6.77. The summed E-state index contributed by atoms with van der Waals surface area (Å²) in [6, 6.07) is 0. The first-order chi connectivity index (χ1) is 7.13. The summed E-state index contributed by atoms with van der Waals surface area (Å²) in [6.45, 7) is 12.3. The number of rotatable bonds is 7. The third-order valence-corrected chi connectivity index (χ3v) is 2.68. The molecule has 0 aromatic rings. The minimum Gasteiger partial charge on any atom is -0.247 e. The monoisotopic (exact) mass is 218 g/mol. The van der Waals surface area contributed by atoms with Crippen LogP contribution in [0.3, 0.4) is 0 Å². The van der Waals surface area contributed by atoms with Gasteiger partial charge in [-0.1, -0.05) is 60.8 Å². The molecule has 0 aromatic carbocycles. The van der Waals surface area contributed by atoms with Crippen molar-refractivity contribution in [1.29, 1.82) is 0 Å². The van der Waals surface area contributed by atoms with Gasteiger partial charge >= 0.3 is 0 Å². The van der Waals surface area contributed by atoms with Crippen LogP contribution in [-0.4, -0.2) is 6.17 Å². The van der Waals surface area contributed by atoms with Crippen molar-refractivity contribution in [3.05, 3.63) is 0 Å². The molecule has 0 saturated carbocycles. The molecule has 0 aliphatic carbocycles. The molecule has 0 nitrogen and oxygen atoms in total. The molecule has 0 aliphatic heterocycles. The minimum atomic E-state index is -0.591. The van der Waals surface area contributed by atoms with Crippen LogP contribution in [0.1, 0.15) is 73.6 Å². The van der Waals surface area contributed by atoms with Gasteiger partial charge in [-0.3, -0.25) is 0 Å². The van der Waals surface area contributed by atoms with Crippen LogP contribution in [0, 0.1) is 11.8 Å². The van der Waals surface area contributed by atoms with Gasteiger partial charge in [-0.05, 0) is 24.7 Å². The SMILES string of the molecule is CC.CCCCC(CCC)C(F)C(C)C. The Hall–Kier alpha value is -0.0700. The third-order valence-electron chi connectivity index (χ3n) is 2.68. The maximum Gasteiger partial charge on any atom is 0.105 e. The zero-order chi connectivity index (χ0) is 12.3. The van der Waals surface area contributed by atoms with Crippen LogP contribution in [0.2, 0.25) is 0 Å². The lowest BCUT2D eigenvalue weighted by Crippen LogP contribution is -2.21. The van der Waals surface area contributed by atoms with Crippen molar-refractivity contribution >= 4 is 0 Å². The molecule has 2 unspecified atom stereocenters. The van der Waals surface area contributed by atoms with E-state index < -0.39 is 6.17 Å². The lowest BCUT2D eigenvalue weighted by molar-refractivity contribution is 0.150. The van der Waals surface area contributed by atoms with Crippen molar-refractivity contribution in [3.63, 3.8) is 0 Å². The Labute approximate surface area is 96.7 Å². The van der Waals surface area contributed by atoms with E-state index in [0.29, 0.717) is 5.92 Å². The number of alkyl halides is 1. The van der Waals surface area contributed by atoms with Gasteiger partial charge in [0.1, 0.15) is 6.17 Å². The van der Waals surface area contributed by atoms with Crippen molar-refractivity contribution in [2.24, 2.45) is 11.8 Å². The molecule has 0 N–H and O–H groups in total. The molecular formula is C14H31F. The standard InChI is InChI=1S/C12H25F.C2H6/c1-5-7-9-11(8-6-2)12(13)10(3)4;1-2/h10-12H,5-9H2,1-4H3;1-2H3. The Kier molecular flexibility index (Phi) is 13.9. The molecule has 0 radical (unpaired) electrons. The van der Waals surface area contributed by atoms with E-state index in [-0.39, 0.29) is 5.92 Å². The Morgan fingerprint density at radius 3 is 1.80 bits per heavy atom. The highest BCUT2D eigenvalue weighted by Crippen LogP contribution is 2.26. The van der Waals surface area contributed by atoms with Gasteiger partial charge in [0.05, 0.1) is 0 Å². The van der Waals surface area contributed by atoms with E-state index in [1.54, 1.807) is 0 Å². The van der Waals surface area contributed by atoms with E-state index in [9.17, 15) is 4.39 Å². The summed E-state index contributed by atoms with van der Waals surface area (Å²) >= 11 is 0. The van der Waals surface area contributed by atoms with Crippen molar-refractivity contribution in [2.45, 2.75) is 79.8 Å². The Morgan fingerprint density at radius 2 is 1.47 bits per heavy atom. The summed E-state index contributed by atoms with van der Waals surface area (Å²) in [5.74, 6) is 0.498. The second-order valence-electron chi connectivity index (χ2n) is 4.38. The summed E-state index contributed by atoms with van der Waals surface area (Å²) in [6.07, 6.45) is 5.01. The molecule has 0 aliphatic rings. The molecule has 0 amide bonds. The Bertz CT molecular complexity index is 110. The van der Waals surface area contributed by atoms with Crippen molar-refractivity contribution in [1.82, 2.24) is 0 Å². The number of halogens is 1. The zero-order valence-corrected chi connectivity index (χ0v) is 11.6. The molecule has 1 heteroatoms. The van der Waals surface area contributed by atoms with Crippen LogP contribution in [0.15, 0.2) is 0 Å². The average Bonchev–Trinajstić information content (AvgIpc) is 2.26. The van der Waals surface area contributed by atoms with E-state index in [1.165, 1.54) is 12.8 Å². The molecule has 0 heterocycles. The van der Waals surface area contributed by atoms with Crippen molar-refractivity contribution in [3.8, 4) is 0 Å². The lowest BCUT2D eigenvalue weighted by Gasteiger charge is -2.23. The van der Waals surface area contributed by atoms with Gasteiger partial charge in [-0.2, -0.15) is 0 Å². The van der Waals surface area contributed by atoms with Gasteiger partial charge < -0.3 is 0 Å². The fourth-order valence-corrected chi connectivity index (χ4v) is 1.84. The second kappa shape index (κ2) is 12.0. The first-order valence-electron chi connectivity index (χ1n) is 6.77. The van der Waals surface area contributed by atoms with Crippen LogP contribution < -0.4 is 0 Å². The van der Waals surface area contributed by atoms with Gasteiger partial charge in [-0.15, -0.1) is 0 Å². The summed E-state index contributed by atoms with van der Waals surface area (Å²) in [5.41, 5.74) is 0. The van der Waals surface area contributed by atoms with Crippen molar-refractivity contribution < 1.29 is 4.39 Å². The van der Waals surface area contributed by atoms with E-state index in [0.717, 1.165) is 19.3 Å². The topological polar surface area (TPSA) is 0 Å². The first kappa shape index (κ1) is 17.3. The normalized spacial score (nSPS) is 14.4. The predicted octanol–water partition coefficient (Wildman–Crippen LogP) is 5.61. The fourth-order valence-electron chi connectivity index (χ4n) is 1.84. The second-order valence-corrected chi connectivity index (χ2v) is 4.38. The summed E-state index contributed by atoms with van der Waals surface area (Å²) < 4.78 is 13.7. The van der Waals surface area contributed by atoms with Gasteiger partial charge in [0.25, 0.3) is 0 Å². The zero-order valence-electron chi connectivity index (χ0n) is 11.6. The van der Waals surface area contributed by atoms with Gasteiger partial charge in [0.2, 0.25) is 0 Å². The number of hydrogen-bond donors (Lipinski definition) is 0. The van der Waals surface area contributed by atoms with Gasteiger partial charge in [0, 0.05) is 0 Å². The molecule has 0 aromatic heterocycles. The minimum absolute atomic E-state index is 0.188. The molecule has 0 saturated heterocycles. The highest BCUT2D eigenvalue weighted by atomic mass is 19.1. The summed E-state index contributed by atoms with van der Waals surface area (Å²) in [5, 5.41) is 0. The van der Waals surface area contributed by atoms with Crippen molar-refractivity contribution in [2.75, 3.05) is 0 Å². The number of hydrogen-bond acceptors (Lipinski definition) is 0. The maximum absolute atomic E-state index is 13.7. The lowest BCUT2D eigenvalue weighted by atomic mass is 9.87. The van der Waals surface area contributed by atoms with Crippen LogP contribution in [0.25, 0.3) is 0 Å². The Morgan fingerprint density at radius 1 is 0.933 bits per heavy atom. The molecule has 94 valence electrons. The molecule has 0 fully saturated rings. The van der Waals surface area contributed by atoms with E-state index in [4.69, 9.17) is 0 Å². The van der Waals surface area contributed by atoms with Gasteiger partial charge in [-0.25, -0.2) is 4.39 Å². The molecular weight excluding hydrogens is 187 g/mol. The van der Waals surface area contributed by atoms with Crippen LogP contribution in [0.4, 0.5) is 4.39 Å². The van der Waals surface area contributed by atoms with Crippen LogP contribution in [0.5, 0.6) is 0 Å². The average molecular weight is 218 g/mol. The van der Waals surface area contributed by atoms with E-state index in [2.05, 4.69) is 13.8 Å². The summed E-state index contributed by atoms with van der Waals surface area (Å²) in [4.78, 5) is 0. The van der Waals surface area contributed by atoms with E-state index in [1.807, 2.05) is 27.7 Å². The Balaban J connectivity index is 0. The van der Waals surface area contributed by atoms with Crippen LogP contribution in [-0.2, 0) is 0 Å². The van der Waals surface area contributed by atoms with Gasteiger partial charge in [0.15, 0.2) is 0 Å². The third kappa shape index (κ3) is 8.89. The van der Waals surface area contributed by atoms with E-state index >= 15 is 0 Å². The largest absolute Gasteiger partial charge is 0.247 e. The molecule has 0 spiro atoms. The highest BCUT2D eigenvalue weighted by Gasteiger charge is 2.22. The maximum atomic E-state index is 13.7. The smallest absolute Gasteiger partial charge is 0.105 e. The molecule has 0 bridgehead atoms. The predicted molar refractivity (Wildman–Crippen MR) is 69.0 cm³/mol. The fraction of sp³-hybridized carbons (Fsp3) is 1.00. The highest BCUT2D eigenvalue weighted by molar-refractivity contribution is 4.71. The number of unbranched alkanes of at least 4 members (excludes halogenated alkanes) is 1. The quantitative estimate of drug-likeness (QED) is 0.521. The molecule has 15 heavy (non-hydrogen) atoms. The van der Waals surface area contributed by atoms with Crippen LogP contribution >= 0.6 is 0 Å². The molecule has 0 rings (SSSR count). The molecule has 2 atom stereocenters. The summed E-state index contributed by atoms with van der Waals surface area (Å²) in [7, 11) is 0.